The summed E-state index contributed by atoms with van der Waals surface area (Å²) >= 11 is 0. The highest BCUT2D eigenvalue weighted by atomic mass is 19.4. The molecule has 0 radical (unpaired) electrons. The van der Waals surface area contributed by atoms with E-state index in [0.29, 0.717) is 18.0 Å². The molecule has 1 fully saturated rings. The van der Waals surface area contributed by atoms with Crippen LogP contribution in [-0.4, -0.2) is 46.6 Å². The predicted octanol–water partition coefficient (Wildman–Crippen LogP) is 2.11. The van der Waals surface area contributed by atoms with E-state index in [1.54, 1.807) is 21.7 Å². The Kier molecular flexibility index (Phi) is 3.27. The molecular formula is C13H15F3N4O. The summed E-state index contributed by atoms with van der Waals surface area (Å²) in [6.45, 7) is 3.88. The summed E-state index contributed by atoms with van der Waals surface area (Å²) in [5, 5.41) is 4.17. The van der Waals surface area contributed by atoms with Gasteiger partial charge < -0.3 is 9.64 Å². The summed E-state index contributed by atoms with van der Waals surface area (Å²) in [4.78, 5) is 6.05. The quantitative estimate of drug-likeness (QED) is 0.809. The Morgan fingerprint density at radius 1 is 1.33 bits per heavy atom. The minimum atomic E-state index is -4.36. The maximum absolute atomic E-state index is 12.9. The Hall–Kier alpha value is -1.83. The molecule has 2 aromatic rings. The topological polar surface area (TPSA) is 42.7 Å². The molecule has 1 unspecified atom stereocenters. The molecule has 1 aliphatic heterocycles. The third kappa shape index (κ3) is 2.44. The van der Waals surface area contributed by atoms with Crippen molar-refractivity contribution in [3.8, 4) is 0 Å². The van der Waals surface area contributed by atoms with Crippen LogP contribution in [-0.2, 0) is 4.74 Å². The number of rotatable bonds is 1. The van der Waals surface area contributed by atoms with Gasteiger partial charge in [0.1, 0.15) is 5.82 Å². The first-order valence-electron chi connectivity index (χ1n) is 6.62. The summed E-state index contributed by atoms with van der Waals surface area (Å²) in [5.74, 6) is 0.653. The fraction of sp³-hybridized carbons (Fsp3) is 0.538. The van der Waals surface area contributed by atoms with Gasteiger partial charge in [0.2, 0.25) is 0 Å². The number of aromatic nitrogens is 3. The average Bonchev–Trinajstić information content (AvgIpc) is 2.87. The van der Waals surface area contributed by atoms with Crippen LogP contribution >= 0.6 is 0 Å². The van der Waals surface area contributed by atoms with Crippen LogP contribution in [0.5, 0.6) is 0 Å². The van der Waals surface area contributed by atoms with Gasteiger partial charge in [0.25, 0.3) is 0 Å². The number of morpholine rings is 1. The highest BCUT2D eigenvalue weighted by Crippen LogP contribution is 2.30. The minimum absolute atomic E-state index is 0.0355. The number of nitrogens with zero attached hydrogens (tertiary/aromatic N) is 4. The second kappa shape index (κ2) is 4.87. The van der Waals surface area contributed by atoms with Crippen molar-refractivity contribution in [1.29, 1.82) is 0 Å². The number of halogens is 3. The molecule has 114 valence electrons. The Morgan fingerprint density at radius 2 is 2.10 bits per heavy atom. The lowest BCUT2D eigenvalue weighted by Crippen LogP contribution is -2.50. The van der Waals surface area contributed by atoms with Crippen molar-refractivity contribution in [3.63, 3.8) is 0 Å². The summed E-state index contributed by atoms with van der Waals surface area (Å²) in [5.41, 5.74) is 2.24. The molecule has 0 spiro atoms. The second-order valence-electron chi connectivity index (χ2n) is 5.09. The molecule has 0 N–H and O–H groups in total. The molecule has 5 nitrogen and oxygen atoms in total. The third-order valence-electron chi connectivity index (χ3n) is 3.71. The number of alkyl halides is 3. The van der Waals surface area contributed by atoms with Crippen LogP contribution in [0.4, 0.5) is 19.0 Å². The molecule has 0 aliphatic carbocycles. The summed E-state index contributed by atoms with van der Waals surface area (Å²) in [6, 6.07) is 1.73. The zero-order valence-corrected chi connectivity index (χ0v) is 11.7. The van der Waals surface area contributed by atoms with E-state index in [4.69, 9.17) is 4.74 Å². The van der Waals surface area contributed by atoms with Gasteiger partial charge in [-0.3, -0.25) is 0 Å². The van der Waals surface area contributed by atoms with Gasteiger partial charge in [0.05, 0.1) is 19.3 Å². The molecule has 21 heavy (non-hydrogen) atoms. The zero-order valence-electron chi connectivity index (χ0n) is 11.7. The normalized spacial score (nSPS) is 20.2. The van der Waals surface area contributed by atoms with E-state index in [0.717, 1.165) is 11.3 Å². The molecular weight excluding hydrogens is 285 g/mol. The fourth-order valence-electron chi connectivity index (χ4n) is 2.53. The van der Waals surface area contributed by atoms with E-state index in [1.165, 1.54) is 0 Å². The Morgan fingerprint density at radius 3 is 2.81 bits per heavy atom. The van der Waals surface area contributed by atoms with Crippen molar-refractivity contribution in [1.82, 2.24) is 14.6 Å². The van der Waals surface area contributed by atoms with Crippen LogP contribution in [0, 0.1) is 13.8 Å². The molecule has 0 aromatic carbocycles. The van der Waals surface area contributed by atoms with E-state index in [-0.39, 0.29) is 13.2 Å². The van der Waals surface area contributed by atoms with Crippen molar-refractivity contribution in [2.45, 2.75) is 26.1 Å². The lowest BCUT2D eigenvalue weighted by atomic mass is 10.2. The van der Waals surface area contributed by atoms with Gasteiger partial charge in [-0.25, -0.2) is 4.98 Å². The van der Waals surface area contributed by atoms with Gasteiger partial charge in [-0.15, -0.1) is 0 Å². The third-order valence-corrected chi connectivity index (χ3v) is 3.71. The minimum Gasteiger partial charge on any atom is -0.365 e. The first kappa shape index (κ1) is 14.1. The monoisotopic (exact) mass is 300 g/mol. The standard InChI is InChI=1S/C13H15F3N4O/c1-8-9(2)18-11-3-4-17-20(11)12(8)19-5-6-21-10(7-19)13(14,15)16/h3-4,10H,5-7H2,1-2H3. The van der Waals surface area contributed by atoms with Crippen LogP contribution in [0.15, 0.2) is 12.3 Å². The molecule has 1 atom stereocenters. The van der Waals surface area contributed by atoms with E-state index in [2.05, 4.69) is 10.1 Å². The number of hydrogen-bond donors (Lipinski definition) is 0. The van der Waals surface area contributed by atoms with Gasteiger partial charge in [-0.05, 0) is 13.8 Å². The van der Waals surface area contributed by atoms with Crippen molar-refractivity contribution in [2.24, 2.45) is 0 Å². The first-order chi connectivity index (χ1) is 9.88. The number of aryl methyl sites for hydroxylation is 1. The molecule has 3 rings (SSSR count). The first-order valence-corrected chi connectivity index (χ1v) is 6.62. The van der Waals surface area contributed by atoms with Crippen LogP contribution in [0.2, 0.25) is 0 Å². The van der Waals surface area contributed by atoms with Crippen LogP contribution in [0.1, 0.15) is 11.3 Å². The molecule has 0 amide bonds. The summed E-state index contributed by atoms with van der Waals surface area (Å²) in [6.07, 6.45) is -4.55. The van der Waals surface area contributed by atoms with E-state index in [1.807, 2.05) is 13.8 Å². The van der Waals surface area contributed by atoms with Crippen LogP contribution < -0.4 is 4.90 Å². The van der Waals surface area contributed by atoms with Crippen LogP contribution in [0.3, 0.4) is 0 Å². The van der Waals surface area contributed by atoms with Gasteiger partial charge in [-0.1, -0.05) is 0 Å². The van der Waals surface area contributed by atoms with Gasteiger partial charge in [-0.2, -0.15) is 22.8 Å². The van der Waals surface area contributed by atoms with Gasteiger partial charge in [0, 0.05) is 23.9 Å². The molecule has 0 saturated carbocycles. The lowest BCUT2D eigenvalue weighted by molar-refractivity contribution is -0.221. The summed E-state index contributed by atoms with van der Waals surface area (Å²) < 4.78 is 45.1. The smallest absolute Gasteiger partial charge is 0.365 e. The average molecular weight is 300 g/mol. The molecule has 2 aromatic heterocycles. The number of fused-ring (bicyclic) bond motifs is 1. The highest BCUT2D eigenvalue weighted by Gasteiger charge is 2.44. The molecule has 0 bridgehead atoms. The fourth-order valence-corrected chi connectivity index (χ4v) is 2.53. The largest absolute Gasteiger partial charge is 0.416 e. The number of anilines is 1. The summed E-state index contributed by atoms with van der Waals surface area (Å²) in [7, 11) is 0. The van der Waals surface area contributed by atoms with E-state index < -0.39 is 12.3 Å². The Balaban J connectivity index is 2.03. The molecule has 1 saturated heterocycles. The maximum Gasteiger partial charge on any atom is 0.416 e. The van der Waals surface area contributed by atoms with Gasteiger partial charge >= 0.3 is 6.18 Å². The molecule has 8 heteroatoms. The Labute approximate surface area is 119 Å². The van der Waals surface area contributed by atoms with E-state index >= 15 is 0 Å². The van der Waals surface area contributed by atoms with Crippen molar-refractivity contribution in [2.75, 3.05) is 24.6 Å². The predicted molar refractivity (Wildman–Crippen MR) is 70.5 cm³/mol. The zero-order chi connectivity index (χ0) is 15.2. The lowest BCUT2D eigenvalue weighted by Gasteiger charge is -2.36. The van der Waals surface area contributed by atoms with Crippen LogP contribution in [0.25, 0.3) is 5.65 Å². The number of ether oxygens (including phenoxy) is 1. The number of hydrogen-bond acceptors (Lipinski definition) is 4. The molecule has 3 heterocycles. The van der Waals surface area contributed by atoms with E-state index in [9.17, 15) is 13.2 Å². The van der Waals surface area contributed by atoms with Crippen molar-refractivity contribution < 1.29 is 17.9 Å². The second-order valence-corrected chi connectivity index (χ2v) is 5.09. The molecule has 1 aliphatic rings. The Bertz CT molecular complexity index is 667. The van der Waals surface area contributed by atoms with Crippen molar-refractivity contribution in [3.05, 3.63) is 23.5 Å². The van der Waals surface area contributed by atoms with Gasteiger partial charge in [0.15, 0.2) is 11.8 Å². The SMILES string of the molecule is Cc1nc2ccnn2c(N2CCOC(C(F)(F)F)C2)c1C. The van der Waals surface area contributed by atoms with Crippen molar-refractivity contribution >= 4 is 11.5 Å². The maximum atomic E-state index is 12.9. The highest BCUT2D eigenvalue weighted by molar-refractivity contribution is 5.56.